The third-order valence-corrected chi connectivity index (χ3v) is 1.45. The van der Waals surface area contributed by atoms with E-state index in [1.165, 1.54) is 0 Å². The third kappa shape index (κ3) is 4.69. The highest BCUT2D eigenvalue weighted by Crippen LogP contribution is 1.95. The minimum absolute atomic E-state index is 0.0251. The summed E-state index contributed by atoms with van der Waals surface area (Å²) in [7, 11) is 0. The summed E-state index contributed by atoms with van der Waals surface area (Å²) >= 11 is 0. The topological polar surface area (TPSA) is 98.3 Å². The van der Waals surface area contributed by atoms with Gasteiger partial charge in [0.2, 0.25) is 0 Å². The van der Waals surface area contributed by atoms with Crippen molar-refractivity contribution in [2.24, 2.45) is 17.2 Å². The van der Waals surface area contributed by atoms with Crippen LogP contribution in [0.25, 0.3) is 0 Å². The summed E-state index contributed by atoms with van der Waals surface area (Å²) in [6, 6.07) is -0.116. The Hall–Kier alpha value is -0.160. The van der Waals surface area contributed by atoms with Crippen LogP contribution in [0.15, 0.2) is 0 Å². The van der Waals surface area contributed by atoms with Crippen LogP contribution >= 0.6 is 0 Å². The second kappa shape index (κ2) is 5.61. The van der Waals surface area contributed by atoms with Gasteiger partial charge in [-0.25, -0.2) is 0 Å². The van der Waals surface area contributed by atoms with E-state index >= 15 is 0 Å². The van der Waals surface area contributed by atoms with Crippen LogP contribution in [0, 0.1) is 0 Å². The van der Waals surface area contributed by atoms with Crippen molar-refractivity contribution in [3.63, 3.8) is 0 Å². The van der Waals surface area contributed by atoms with Crippen molar-refractivity contribution in [2.45, 2.75) is 24.9 Å². The van der Waals surface area contributed by atoms with E-state index in [0.717, 1.165) is 12.8 Å². The first-order valence-electron chi connectivity index (χ1n) is 3.52. The predicted molar refractivity (Wildman–Crippen MR) is 41.3 cm³/mol. The summed E-state index contributed by atoms with van der Waals surface area (Å²) in [5, 5.41) is 8.52. The van der Waals surface area contributed by atoms with Crippen LogP contribution < -0.4 is 17.2 Å². The molecule has 0 saturated carbocycles. The molecule has 0 radical (unpaired) electrons. The van der Waals surface area contributed by atoms with Crippen LogP contribution in [0.1, 0.15) is 12.8 Å². The predicted octanol–water partition coefficient (Wildman–Crippen LogP) is -1.63. The van der Waals surface area contributed by atoms with E-state index in [4.69, 9.17) is 22.3 Å². The van der Waals surface area contributed by atoms with Gasteiger partial charge >= 0.3 is 0 Å². The van der Waals surface area contributed by atoms with E-state index in [1.54, 1.807) is 0 Å². The normalized spacial score (nSPS) is 16.8. The standard InChI is InChI=1S/C6H17N3O/c7-3-5(8)1-2-6(9)4-10/h5-6,10H,1-4,7-9H2. The monoisotopic (exact) mass is 147 g/mol. The smallest absolute Gasteiger partial charge is 0.0582 e. The lowest BCUT2D eigenvalue weighted by Gasteiger charge is -2.11. The Morgan fingerprint density at radius 3 is 2.00 bits per heavy atom. The molecule has 0 fully saturated rings. The maximum absolute atomic E-state index is 8.52. The third-order valence-electron chi connectivity index (χ3n) is 1.45. The Morgan fingerprint density at radius 2 is 1.60 bits per heavy atom. The van der Waals surface area contributed by atoms with Gasteiger partial charge in [-0.2, -0.15) is 0 Å². The number of aliphatic hydroxyl groups is 1. The molecule has 4 nitrogen and oxygen atoms in total. The molecule has 0 aliphatic rings. The quantitative estimate of drug-likeness (QED) is 0.375. The Bertz CT molecular complexity index is 69.4. The van der Waals surface area contributed by atoms with E-state index in [-0.39, 0.29) is 18.7 Å². The molecule has 0 aromatic rings. The largest absolute Gasteiger partial charge is 0.395 e. The van der Waals surface area contributed by atoms with Crippen LogP contribution in [0.2, 0.25) is 0 Å². The van der Waals surface area contributed by atoms with E-state index in [2.05, 4.69) is 0 Å². The fourth-order valence-electron chi connectivity index (χ4n) is 0.637. The van der Waals surface area contributed by atoms with Gasteiger partial charge in [0.1, 0.15) is 0 Å². The number of rotatable bonds is 5. The first-order chi connectivity index (χ1) is 4.70. The van der Waals surface area contributed by atoms with Gasteiger partial charge in [-0.05, 0) is 12.8 Å². The average Bonchev–Trinajstić information content (AvgIpc) is 1.99. The van der Waals surface area contributed by atoms with Crippen LogP contribution in [0.3, 0.4) is 0 Å². The van der Waals surface area contributed by atoms with Crippen molar-refractivity contribution in [3.8, 4) is 0 Å². The lowest BCUT2D eigenvalue weighted by molar-refractivity contribution is 0.256. The molecule has 0 heterocycles. The molecule has 0 spiro atoms. The molecule has 10 heavy (non-hydrogen) atoms. The summed E-state index contributed by atoms with van der Waals surface area (Å²) < 4.78 is 0. The van der Waals surface area contributed by atoms with Gasteiger partial charge in [-0.1, -0.05) is 0 Å². The van der Waals surface area contributed by atoms with Crippen molar-refractivity contribution in [2.75, 3.05) is 13.2 Å². The zero-order valence-corrected chi connectivity index (χ0v) is 6.16. The second-order valence-electron chi connectivity index (χ2n) is 2.52. The molecular formula is C6H17N3O. The van der Waals surface area contributed by atoms with E-state index in [0.29, 0.717) is 6.54 Å². The molecule has 7 N–H and O–H groups in total. The van der Waals surface area contributed by atoms with E-state index in [9.17, 15) is 0 Å². The van der Waals surface area contributed by atoms with Gasteiger partial charge < -0.3 is 22.3 Å². The second-order valence-corrected chi connectivity index (χ2v) is 2.52. The number of nitrogens with two attached hydrogens (primary N) is 3. The zero-order chi connectivity index (χ0) is 7.98. The summed E-state index contributed by atoms with van der Waals surface area (Å²) in [4.78, 5) is 0. The molecule has 0 rings (SSSR count). The van der Waals surface area contributed by atoms with Crippen molar-refractivity contribution in [1.29, 1.82) is 0 Å². The van der Waals surface area contributed by atoms with Crippen molar-refractivity contribution in [1.82, 2.24) is 0 Å². The van der Waals surface area contributed by atoms with Gasteiger partial charge in [0, 0.05) is 18.6 Å². The fourth-order valence-corrected chi connectivity index (χ4v) is 0.637. The highest BCUT2D eigenvalue weighted by molar-refractivity contribution is 4.66. The van der Waals surface area contributed by atoms with Crippen LogP contribution in [0.4, 0.5) is 0 Å². The average molecular weight is 147 g/mol. The number of hydrogen-bond acceptors (Lipinski definition) is 4. The van der Waals surface area contributed by atoms with Gasteiger partial charge in [-0.15, -0.1) is 0 Å². The van der Waals surface area contributed by atoms with Crippen LogP contribution in [-0.2, 0) is 0 Å². The van der Waals surface area contributed by atoms with E-state index in [1.807, 2.05) is 0 Å². The molecule has 0 aliphatic carbocycles. The van der Waals surface area contributed by atoms with Gasteiger partial charge in [-0.3, -0.25) is 0 Å². The first-order valence-corrected chi connectivity index (χ1v) is 3.52. The number of hydrogen-bond donors (Lipinski definition) is 4. The van der Waals surface area contributed by atoms with Crippen molar-refractivity contribution in [3.05, 3.63) is 0 Å². The highest BCUT2D eigenvalue weighted by Gasteiger charge is 2.03. The Balaban J connectivity index is 3.17. The SMILES string of the molecule is NCC(N)CCC(N)CO. The molecule has 2 unspecified atom stereocenters. The molecule has 62 valence electrons. The van der Waals surface area contributed by atoms with Gasteiger partial charge in [0.25, 0.3) is 0 Å². The maximum atomic E-state index is 8.52. The maximum Gasteiger partial charge on any atom is 0.0582 e. The van der Waals surface area contributed by atoms with Gasteiger partial charge in [0.15, 0.2) is 0 Å². The molecule has 0 amide bonds. The van der Waals surface area contributed by atoms with Crippen molar-refractivity contribution < 1.29 is 5.11 Å². The fraction of sp³-hybridized carbons (Fsp3) is 1.00. The molecule has 0 saturated heterocycles. The first kappa shape index (κ1) is 9.84. The molecule has 2 atom stereocenters. The number of aliphatic hydroxyl groups excluding tert-OH is 1. The molecule has 0 aliphatic heterocycles. The summed E-state index contributed by atoms with van der Waals surface area (Å²) in [5.74, 6) is 0. The van der Waals surface area contributed by atoms with Crippen molar-refractivity contribution >= 4 is 0 Å². The Labute approximate surface area is 61.4 Å². The lowest BCUT2D eigenvalue weighted by atomic mass is 10.1. The highest BCUT2D eigenvalue weighted by atomic mass is 16.3. The summed E-state index contributed by atoms with van der Waals surface area (Å²) in [6.45, 7) is 0.509. The Morgan fingerprint density at radius 1 is 1.10 bits per heavy atom. The zero-order valence-electron chi connectivity index (χ0n) is 6.16. The lowest BCUT2D eigenvalue weighted by Crippen LogP contribution is -2.33. The summed E-state index contributed by atoms with van der Waals surface area (Å²) in [6.07, 6.45) is 1.53. The molecule has 0 bridgehead atoms. The molecular weight excluding hydrogens is 130 g/mol. The van der Waals surface area contributed by atoms with Gasteiger partial charge in [0.05, 0.1) is 6.61 Å². The molecule has 0 aromatic heterocycles. The molecule has 4 heteroatoms. The Kier molecular flexibility index (Phi) is 5.52. The minimum Gasteiger partial charge on any atom is -0.395 e. The minimum atomic E-state index is -0.141. The molecule has 0 aromatic carbocycles. The van der Waals surface area contributed by atoms with Crippen LogP contribution in [-0.4, -0.2) is 30.3 Å². The summed E-state index contributed by atoms with van der Waals surface area (Å²) in [5.41, 5.74) is 16.2. The van der Waals surface area contributed by atoms with Crippen LogP contribution in [0.5, 0.6) is 0 Å². The van der Waals surface area contributed by atoms with E-state index < -0.39 is 0 Å².